The number of anilines is 1. The summed E-state index contributed by atoms with van der Waals surface area (Å²) in [6.45, 7) is 0.487. The van der Waals surface area contributed by atoms with Crippen molar-refractivity contribution in [3.8, 4) is 0 Å². The SMILES string of the molecule is O=C(CSc1nnc(NCc2ccco2)s1)NC(Cc1c[nH]c2ccccc12)C(=O)O. The predicted molar refractivity (Wildman–Crippen MR) is 118 cm³/mol. The molecule has 1 unspecified atom stereocenters. The Kier molecular flexibility index (Phi) is 6.53. The van der Waals surface area contributed by atoms with E-state index in [1.54, 1.807) is 18.5 Å². The van der Waals surface area contributed by atoms with Crippen LogP contribution in [0.3, 0.4) is 0 Å². The Morgan fingerprint density at radius 2 is 2.10 bits per heavy atom. The number of carbonyl (C=O) groups excluding carboxylic acids is 1. The second kappa shape index (κ2) is 9.67. The maximum Gasteiger partial charge on any atom is 0.326 e. The highest BCUT2D eigenvalue weighted by atomic mass is 32.2. The van der Waals surface area contributed by atoms with E-state index in [0.29, 0.717) is 16.0 Å². The largest absolute Gasteiger partial charge is 0.480 e. The van der Waals surface area contributed by atoms with E-state index in [4.69, 9.17) is 4.42 Å². The number of thioether (sulfide) groups is 1. The molecular formula is C20H19N5O4S2. The van der Waals surface area contributed by atoms with Crippen molar-refractivity contribution in [2.75, 3.05) is 11.1 Å². The number of amides is 1. The molecule has 11 heteroatoms. The standard InChI is InChI=1S/C20H19N5O4S2/c26-17(11-30-20-25-24-19(31-20)22-10-13-4-3-7-29-13)23-16(18(27)28)8-12-9-21-15-6-2-1-5-14(12)15/h1-7,9,16,21H,8,10-11H2,(H,22,24)(H,23,26)(H,27,28). The number of nitrogens with zero attached hydrogens (tertiary/aromatic N) is 2. The molecule has 1 amide bonds. The van der Waals surface area contributed by atoms with Gasteiger partial charge in [0.1, 0.15) is 11.8 Å². The van der Waals surface area contributed by atoms with Gasteiger partial charge in [-0.2, -0.15) is 0 Å². The molecule has 0 aliphatic heterocycles. The number of fused-ring (bicyclic) bond motifs is 1. The topological polar surface area (TPSA) is 133 Å². The molecule has 9 nitrogen and oxygen atoms in total. The first-order valence-electron chi connectivity index (χ1n) is 9.38. The third-order valence-electron chi connectivity index (χ3n) is 4.46. The van der Waals surface area contributed by atoms with Crippen LogP contribution in [0.4, 0.5) is 5.13 Å². The van der Waals surface area contributed by atoms with Crippen LogP contribution >= 0.6 is 23.1 Å². The minimum atomic E-state index is -1.08. The zero-order valence-corrected chi connectivity index (χ0v) is 17.8. The first kappa shape index (κ1) is 20.9. The lowest BCUT2D eigenvalue weighted by atomic mass is 10.1. The Hall–Kier alpha value is -3.31. The molecule has 1 atom stereocenters. The minimum Gasteiger partial charge on any atom is -0.480 e. The number of carbonyl (C=O) groups is 2. The lowest BCUT2D eigenvalue weighted by molar-refractivity contribution is -0.141. The molecule has 0 fully saturated rings. The van der Waals surface area contributed by atoms with Crippen molar-refractivity contribution < 1.29 is 19.1 Å². The Bertz CT molecular complexity index is 1170. The molecule has 3 heterocycles. The molecule has 31 heavy (non-hydrogen) atoms. The van der Waals surface area contributed by atoms with Crippen LogP contribution < -0.4 is 10.6 Å². The van der Waals surface area contributed by atoms with Gasteiger partial charge in [-0.3, -0.25) is 4.79 Å². The van der Waals surface area contributed by atoms with Gasteiger partial charge in [-0.1, -0.05) is 41.3 Å². The molecule has 0 radical (unpaired) electrons. The third-order valence-corrected chi connectivity index (χ3v) is 6.47. The minimum absolute atomic E-state index is 0.0461. The third kappa shape index (κ3) is 5.44. The molecule has 160 valence electrons. The van der Waals surface area contributed by atoms with E-state index in [-0.39, 0.29) is 18.1 Å². The number of furan rings is 1. The second-order valence-electron chi connectivity index (χ2n) is 6.62. The van der Waals surface area contributed by atoms with Gasteiger partial charge >= 0.3 is 5.97 Å². The number of aromatic amines is 1. The van der Waals surface area contributed by atoms with Crippen LogP contribution in [-0.2, 0) is 22.6 Å². The Morgan fingerprint density at radius 1 is 1.23 bits per heavy atom. The molecule has 1 aromatic carbocycles. The van der Waals surface area contributed by atoms with E-state index in [2.05, 4.69) is 25.8 Å². The number of carboxylic acid groups (broad SMARTS) is 1. The highest BCUT2D eigenvalue weighted by Crippen LogP contribution is 2.26. The number of nitrogens with one attached hydrogen (secondary N) is 3. The molecule has 4 N–H and O–H groups in total. The van der Waals surface area contributed by atoms with Gasteiger partial charge in [0.25, 0.3) is 0 Å². The van der Waals surface area contributed by atoms with Crippen LogP contribution in [-0.4, -0.2) is 44.0 Å². The number of H-pyrrole nitrogens is 1. The van der Waals surface area contributed by atoms with Gasteiger partial charge in [-0.05, 0) is 23.8 Å². The second-order valence-corrected chi connectivity index (χ2v) is 8.82. The number of hydrogen-bond acceptors (Lipinski definition) is 8. The molecule has 0 bridgehead atoms. The summed E-state index contributed by atoms with van der Waals surface area (Å²) in [5, 5.41) is 24.9. The molecule has 4 aromatic rings. The van der Waals surface area contributed by atoms with E-state index < -0.39 is 12.0 Å². The van der Waals surface area contributed by atoms with Gasteiger partial charge in [0.15, 0.2) is 4.34 Å². The summed E-state index contributed by atoms with van der Waals surface area (Å²) in [5.41, 5.74) is 1.77. The van der Waals surface area contributed by atoms with Gasteiger partial charge in [-0.25, -0.2) is 4.79 Å². The maximum atomic E-state index is 12.3. The molecule has 4 rings (SSSR count). The summed E-state index contributed by atoms with van der Waals surface area (Å²) in [6, 6.07) is 10.3. The monoisotopic (exact) mass is 457 g/mol. The zero-order chi connectivity index (χ0) is 21.6. The number of rotatable bonds is 10. The molecule has 3 aromatic heterocycles. The van der Waals surface area contributed by atoms with Crippen LogP contribution in [0.25, 0.3) is 10.9 Å². The fourth-order valence-electron chi connectivity index (χ4n) is 3.00. The summed E-state index contributed by atoms with van der Waals surface area (Å²) in [6.07, 6.45) is 3.56. The van der Waals surface area contributed by atoms with Crippen molar-refractivity contribution in [2.24, 2.45) is 0 Å². The summed E-state index contributed by atoms with van der Waals surface area (Å²) < 4.78 is 5.86. The number of benzene rings is 1. The Labute approximate surface area is 185 Å². The highest BCUT2D eigenvalue weighted by Gasteiger charge is 2.22. The van der Waals surface area contributed by atoms with Gasteiger partial charge in [0, 0.05) is 23.5 Å². The average Bonchev–Trinajstić information content (AvgIpc) is 3.51. The van der Waals surface area contributed by atoms with E-state index in [1.165, 1.54) is 23.1 Å². The fourth-order valence-corrected chi connectivity index (χ4v) is 4.56. The van der Waals surface area contributed by atoms with Crippen molar-refractivity contribution in [3.05, 3.63) is 60.2 Å². The molecular weight excluding hydrogens is 438 g/mol. The molecule has 0 saturated heterocycles. The van der Waals surface area contributed by atoms with Crippen LogP contribution in [0.1, 0.15) is 11.3 Å². The van der Waals surface area contributed by atoms with Crippen LogP contribution in [0.5, 0.6) is 0 Å². The smallest absolute Gasteiger partial charge is 0.326 e. The van der Waals surface area contributed by atoms with E-state index in [9.17, 15) is 14.7 Å². The molecule has 0 spiro atoms. The normalized spacial score (nSPS) is 12.0. The van der Waals surface area contributed by atoms with Crippen LogP contribution in [0, 0.1) is 0 Å². The van der Waals surface area contributed by atoms with Crippen molar-refractivity contribution in [3.63, 3.8) is 0 Å². The maximum absolute atomic E-state index is 12.3. The van der Waals surface area contributed by atoms with E-state index in [1.807, 2.05) is 30.3 Å². The van der Waals surface area contributed by atoms with Crippen molar-refractivity contribution >= 4 is 51.0 Å². The highest BCUT2D eigenvalue weighted by molar-refractivity contribution is 8.01. The molecule has 0 aliphatic rings. The predicted octanol–water partition coefficient (Wildman–Crippen LogP) is 3.13. The number of carboxylic acids is 1. The van der Waals surface area contributed by atoms with Crippen LogP contribution in [0.15, 0.2) is 57.6 Å². The molecule has 0 aliphatic carbocycles. The van der Waals surface area contributed by atoms with Crippen LogP contribution in [0.2, 0.25) is 0 Å². The van der Waals surface area contributed by atoms with Gasteiger partial charge in [-0.15, -0.1) is 10.2 Å². The van der Waals surface area contributed by atoms with Gasteiger partial charge < -0.3 is 25.1 Å². The Morgan fingerprint density at radius 3 is 2.90 bits per heavy atom. The average molecular weight is 458 g/mol. The number of aromatic nitrogens is 3. The van der Waals surface area contributed by atoms with E-state index >= 15 is 0 Å². The first-order valence-corrected chi connectivity index (χ1v) is 11.2. The summed E-state index contributed by atoms with van der Waals surface area (Å²) in [5.74, 6) is -0.634. The van der Waals surface area contributed by atoms with Crippen molar-refractivity contribution in [2.45, 2.75) is 23.3 Å². The number of aliphatic carboxylic acids is 1. The number of hydrogen-bond donors (Lipinski definition) is 4. The lowest BCUT2D eigenvalue weighted by Crippen LogP contribution is -2.43. The zero-order valence-electron chi connectivity index (χ0n) is 16.2. The van der Waals surface area contributed by atoms with Crippen molar-refractivity contribution in [1.29, 1.82) is 0 Å². The summed E-state index contributed by atoms with van der Waals surface area (Å²) in [7, 11) is 0. The number of para-hydroxylation sites is 1. The van der Waals surface area contributed by atoms with Gasteiger partial charge in [0.2, 0.25) is 11.0 Å². The van der Waals surface area contributed by atoms with Gasteiger partial charge in [0.05, 0.1) is 18.6 Å². The van der Waals surface area contributed by atoms with E-state index in [0.717, 1.165) is 22.2 Å². The first-order chi connectivity index (χ1) is 15.1. The fraction of sp³-hybridized carbons (Fsp3) is 0.200. The summed E-state index contributed by atoms with van der Waals surface area (Å²) in [4.78, 5) is 27.1. The molecule has 0 saturated carbocycles. The summed E-state index contributed by atoms with van der Waals surface area (Å²) >= 11 is 2.52. The Balaban J connectivity index is 1.29. The lowest BCUT2D eigenvalue weighted by Gasteiger charge is -2.13. The van der Waals surface area contributed by atoms with Crippen molar-refractivity contribution in [1.82, 2.24) is 20.5 Å². The quantitative estimate of drug-likeness (QED) is 0.267.